The molecule has 0 bridgehead atoms. The molecule has 3 nitrogen and oxygen atoms in total. The number of ether oxygens (including phenoxy) is 2. The summed E-state index contributed by atoms with van der Waals surface area (Å²) in [5.74, 6) is 0.755. The highest BCUT2D eigenvalue weighted by Gasteiger charge is 1.96. The third-order valence-corrected chi connectivity index (χ3v) is 3.31. The van der Waals surface area contributed by atoms with Crippen molar-refractivity contribution in [2.75, 3.05) is 19.8 Å². The second kappa shape index (κ2) is 12.2. The maximum atomic E-state index is 8.80. The molecule has 0 atom stereocenters. The minimum absolute atomic E-state index is 0.630. The van der Waals surface area contributed by atoms with E-state index >= 15 is 0 Å². The summed E-state index contributed by atoms with van der Waals surface area (Å²) in [6.45, 7) is 4.47. The van der Waals surface area contributed by atoms with Gasteiger partial charge in [0.05, 0.1) is 18.2 Å². The molecule has 1 aromatic rings. The van der Waals surface area contributed by atoms with Crippen LogP contribution < -0.4 is 4.74 Å². The van der Waals surface area contributed by atoms with Crippen LogP contribution >= 0.6 is 0 Å². The first-order chi connectivity index (χ1) is 10.4. The zero-order valence-electron chi connectivity index (χ0n) is 13.1. The molecule has 0 unspecified atom stereocenters. The standard InChI is InChI=1S/C18H27NO2/c1-2-3-4-5-6-7-12-20-13-9-14-21-18-11-8-10-17(15-18)16-19/h8,10-11,15H,2-7,9,12-14H2,1H3. The SMILES string of the molecule is CCCCCCCCOCCCOc1cccc(C#N)c1. The normalized spacial score (nSPS) is 10.3. The molecule has 3 heteroatoms. The van der Waals surface area contributed by atoms with Gasteiger partial charge in [-0.25, -0.2) is 0 Å². The average molecular weight is 289 g/mol. The van der Waals surface area contributed by atoms with Crippen LogP contribution in [0.1, 0.15) is 57.4 Å². The van der Waals surface area contributed by atoms with Gasteiger partial charge in [0.1, 0.15) is 5.75 Å². The summed E-state index contributed by atoms with van der Waals surface area (Å²) in [6, 6.07) is 9.35. The third-order valence-electron chi connectivity index (χ3n) is 3.31. The largest absolute Gasteiger partial charge is 0.493 e. The molecule has 0 heterocycles. The van der Waals surface area contributed by atoms with E-state index in [2.05, 4.69) is 13.0 Å². The summed E-state index contributed by atoms with van der Waals surface area (Å²) in [7, 11) is 0. The molecule has 0 fully saturated rings. The molecule has 0 radical (unpaired) electrons. The van der Waals surface area contributed by atoms with Gasteiger partial charge in [0, 0.05) is 19.6 Å². The average Bonchev–Trinajstić information content (AvgIpc) is 2.53. The Morgan fingerprint density at radius 2 is 1.71 bits per heavy atom. The molecule has 0 saturated carbocycles. The van der Waals surface area contributed by atoms with E-state index in [9.17, 15) is 0 Å². The summed E-state index contributed by atoms with van der Waals surface area (Å²) >= 11 is 0. The minimum Gasteiger partial charge on any atom is -0.493 e. The van der Waals surface area contributed by atoms with Gasteiger partial charge >= 0.3 is 0 Å². The molecule has 0 N–H and O–H groups in total. The van der Waals surface area contributed by atoms with E-state index in [1.807, 2.05) is 12.1 Å². The zero-order valence-corrected chi connectivity index (χ0v) is 13.1. The van der Waals surface area contributed by atoms with E-state index in [-0.39, 0.29) is 0 Å². The van der Waals surface area contributed by atoms with E-state index in [0.717, 1.165) is 31.8 Å². The van der Waals surface area contributed by atoms with E-state index < -0.39 is 0 Å². The van der Waals surface area contributed by atoms with Gasteiger partial charge in [0.2, 0.25) is 0 Å². The van der Waals surface area contributed by atoms with Crippen LogP contribution in [0.3, 0.4) is 0 Å². The van der Waals surface area contributed by atoms with Crippen LogP contribution in [0.15, 0.2) is 24.3 Å². The van der Waals surface area contributed by atoms with Crippen LogP contribution in [0, 0.1) is 11.3 Å². The van der Waals surface area contributed by atoms with E-state index in [1.165, 1.54) is 32.1 Å². The van der Waals surface area contributed by atoms with E-state index in [1.54, 1.807) is 12.1 Å². The van der Waals surface area contributed by atoms with Crippen LogP contribution in [0.2, 0.25) is 0 Å². The van der Waals surface area contributed by atoms with Crippen molar-refractivity contribution in [1.29, 1.82) is 5.26 Å². The fourth-order valence-corrected chi connectivity index (χ4v) is 2.09. The first kappa shape index (κ1) is 17.5. The number of nitriles is 1. The van der Waals surface area contributed by atoms with Crippen LogP contribution in [0.4, 0.5) is 0 Å². The van der Waals surface area contributed by atoms with Gasteiger partial charge < -0.3 is 9.47 Å². The predicted molar refractivity (Wildman–Crippen MR) is 85.5 cm³/mol. The topological polar surface area (TPSA) is 42.2 Å². The van der Waals surface area contributed by atoms with Gasteiger partial charge in [-0.2, -0.15) is 5.26 Å². The second-order valence-corrected chi connectivity index (χ2v) is 5.22. The van der Waals surface area contributed by atoms with Crippen molar-refractivity contribution >= 4 is 0 Å². The highest BCUT2D eigenvalue weighted by Crippen LogP contribution is 2.12. The lowest BCUT2D eigenvalue weighted by molar-refractivity contribution is 0.115. The van der Waals surface area contributed by atoms with Crippen LogP contribution in [0.5, 0.6) is 5.75 Å². The van der Waals surface area contributed by atoms with Gasteiger partial charge in [-0.1, -0.05) is 45.1 Å². The van der Waals surface area contributed by atoms with Crippen molar-refractivity contribution in [1.82, 2.24) is 0 Å². The number of benzene rings is 1. The summed E-state index contributed by atoms with van der Waals surface area (Å²) in [5, 5.41) is 8.80. The fraction of sp³-hybridized carbons (Fsp3) is 0.611. The Morgan fingerprint density at radius 1 is 0.952 bits per heavy atom. The van der Waals surface area contributed by atoms with Gasteiger partial charge in [0.25, 0.3) is 0 Å². The van der Waals surface area contributed by atoms with Crippen molar-refractivity contribution in [2.24, 2.45) is 0 Å². The molecule has 0 aliphatic carbocycles. The molecule has 0 aliphatic heterocycles. The van der Waals surface area contributed by atoms with Crippen molar-refractivity contribution in [3.63, 3.8) is 0 Å². The zero-order chi connectivity index (χ0) is 15.2. The summed E-state index contributed by atoms with van der Waals surface area (Å²) < 4.78 is 11.2. The van der Waals surface area contributed by atoms with E-state index in [0.29, 0.717) is 12.2 Å². The molecule has 0 saturated heterocycles. The fourth-order valence-electron chi connectivity index (χ4n) is 2.09. The maximum absolute atomic E-state index is 8.80. The Labute approximate surface area is 128 Å². The molecule has 0 aromatic heterocycles. The van der Waals surface area contributed by atoms with Gasteiger partial charge in [0.15, 0.2) is 0 Å². The second-order valence-electron chi connectivity index (χ2n) is 5.22. The molecular formula is C18H27NO2. The molecule has 0 spiro atoms. The van der Waals surface area contributed by atoms with Gasteiger partial charge in [-0.3, -0.25) is 0 Å². The maximum Gasteiger partial charge on any atom is 0.120 e. The molecule has 21 heavy (non-hydrogen) atoms. The lowest BCUT2D eigenvalue weighted by atomic mass is 10.1. The van der Waals surface area contributed by atoms with Crippen LogP contribution in [0.25, 0.3) is 0 Å². The number of hydrogen-bond donors (Lipinski definition) is 0. The Morgan fingerprint density at radius 3 is 2.52 bits per heavy atom. The Kier molecular flexibility index (Phi) is 10.2. The molecule has 116 valence electrons. The number of hydrogen-bond acceptors (Lipinski definition) is 3. The highest BCUT2D eigenvalue weighted by atomic mass is 16.5. The monoisotopic (exact) mass is 289 g/mol. The predicted octanol–water partition coefficient (Wildman–Crippen LogP) is 4.70. The number of unbranched alkanes of at least 4 members (excludes halogenated alkanes) is 5. The van der Waals surface area contributed by atoms with Crippen molar-refractivity contribution in [2.45, 2.75) is 51.9 Å². The first-order valence-corrected chi connectivity index (χ1v) is 8.07. The lowest BCUT2D eigenvalue weighted by Gasteiger charge is -2.07. The third kappa shape index (κ3) is 9.10. The summed E-state index contributed by atoms with van der Waals surface area (Å²) in [6.07, 6.45) is 8.65. The summed E-state index contributed by atoms with van der Waals surface area (Å²) in [4.78, 5) is 0. The van der Waals surface area contributed by atoms with E-state index in [4.69, 9.17) is 14.7 Å². The smallest absolute Gasteiger partial charge is 0.120 e. The van der Waals surface area contributed by atoms with Gasteiger partial charge in [-0.05, 0) is 24.6 Å². The molecule has 1 rings (SSSR count). The van der Waals surface area contributed by atoms with Crippen LogP contribution in [-0.4, -0.2) is 19.8 Å². The minimum atomic E-state index is 0.630. The lowest BCUT2D eigenvalue weighted by Crippen LogP contribution is -2.04. The summed E-state index contributed by atoms with van der Waals surface area (Å²) in [5.41, 5.74) is 0.631. The molecular weight excluding hydrogens is 262 g/mol. The molecule has 0 amide bonds. The number of nitrogens with zero attached hydrogens (tertiary/aromatic N) is 1. The first-order valence-electron chi connectivity index (χ1n) is 8.07. The Bertz CT molecular complexity index is 412. The van der Waals surface area contributed by atoms with Crippen molar-refractivity contribution < 1.29 is 9.47 Å². The highest BCUT2D eigenvalue weighted by molar-refractivity contribution is 5.36. The van der Waals surface area contributed by atoms with Crippen molar-refractivity contribution in [3.05, 3.63) is 29.8 Å². The van der Waals surface area contributed by atoms with Gasteiger partial charge in [-0.15, -0.1) is 0 Å². The van der Waals surface area contributed by atoms with Crippen LogP contribution in [-0.2, 0) is 4.74 Å². The molecule has 1 aromatic carbocycles. The number of rotatable bonds is 12. The molecule has 0 aliphatic rings. The van der Waals surface area contributed by atoms with Crippen molar-refractivity contribution in [3.8, 4) is 11.8 Å². The quantitative estimate of drug-likeness (QED) is 0.524. The Hall–Kier alpha value is -1.53. The Balaban J connectivity index is 1.92.